The second-order valence-electron chi connectivity index (χ2n) is 4.53. The fourth-order valence-corrected chi connectivity index (χ4v) is 2.92. The Balaban J connectivity index is 1.84. The lowest BCUT2D eigenvalue weighted by molar-refractivity contribution is -0.159. The molecule has 3 rings (SSSR count). The lowest BCUT2D eigenvalue weighted by atomic mass is 10.2. The van der Waals surface area contributed by atoms with Crippen LogP contribution in [0.3, 0.4) is 0 Å². The van der Waals surface area contributed by atoms with E-state index < -0.39 is 23.2 Å². The summed E-state index contributed by atoms with van der Waals surface area (Å²) in [6.45, 7) is 0. The van der Waals surface area contributed by atoms with Crippen LogP contribution in [0.15, 0.2) is 68.9 Å². The summed E-state index contributed by atoms with van der Waals surface area (Å²) in [5.74, 6) is -1.57. The molecule has 1 heterocycles. The fourth-order valence-electron chi connectivity index (χ4n) is 1.86. The molecule has 0 N–H and O–H groups in total. The fraction of sp³-hybridized carbons (Fsp3) is 0.0667. The van der Waals surface area contributed by atoms with Crippen LogP contribution in [0.2, 0.25) is 0 Å². The van der Waals surface area contributed by atoms with Crippen molar-refractivity contribution in [3.05, 3.63) is 60.5 Å². The standard InChI is InChI=1S/C15H9F3N2O2S/c16-15(17,18)14-19-13(20-22-14)10-6-8-12(9-7-10)23(21)11-4-2-1-3-5-11/h1-9H. The molecule has 23 heavy (non-hydrogen) atoms. The summed E-state index contributed by atoms with van der Waals surface area (Å²) in [7, 11) is 0. The monoisotopic (exact) mass is 338 g/mol. The first-order chi connectivity index (χ1) is 10.9. The molecule has 1 atom stereocenters. The summed E-state index contributed by atoms with van der Waals surface area (Å²) in [5.41, 5.74) is 0.345. The Morgan fingerprint density at radius 1 is 0.913 bits per heavy atom. The highest BCUT2D eigenvalue weighted by molar-refractivity contribution is 7.91. The minimum Gasteiger partial charge on any atom is -0.606 e. The van der Waals surface area contributed by atoms with Crippen LogP contribution in [0.4, 0.5) is 13.2 Å². The van der Waals surface area contributed by atoms with Gasteiger partial charge in [-0.25, -0.2) is 0 Å². The van der Waals surface area contributed by atoms with Gasteiger partial charge in [0.05, 0.1) is 0 Å². The zero-order chi connectivity index (χ0) is 16.4. The van der Waals surface area contributed by atoms with E-state index in [1.807, 2.05) is 6.07 Å². The quantitative estimate of drug-likeness (QED) is 0.679. The number of rotatable bonds is 3. The van der Waals surface area contributed by atoms with Crippen molar-refractivity contribution in [2.24, 2.45) is 0 Å². The first-order valence-corrected chi connectivity index (χ1v) is 7.58. The Morgan fingerprint density at radius 2 is 1.52 bits per heavy atom. The van der Waals surface area contributed by atoms with Gasteiger partial charge in [0.2, 0.25) is 5.82 Å². The second kappa shape index (κ2) is 6.05. The molecule has 0 aliphatic heterocycles. The molecule has 8 heteroatoms. The molecule has 4 nitrogen and oxygen atoms in total. The smallest absolute Gasteiger partial charge is 0.471 e. The molecule has 0 aliphatic carbocycles. The number of halogens is 3. The van der Waals surface area contributed by atoms with E-state index in [9.17, 15) is 17.7 Å². The molecule has 1 unspecified atom stereocenters. The van der Waals surface area contributed by atoms with E-state index in [1.165, 1.54) is 12.1 Å². The van der Waals surface area contributed by atoms with E-state index >= 15 is 0 Å². The topological polar surface area (TPSA) is 62.0 Å². The van der Waals surface area contributed by atoms with Crippen molar-refractivity contribution < 1.29 is 22.2 Å². The van der Waals surface area contributed by atoms with Gasteiger partial charge in [0, 0.05) is 16.7 Å². The Morgan fingerprint density at radius 3 is 2.09 bits per heavy atom. The average Bonchev–Trinajstić information content (AvgIpc) is 3.05. The van der Waals surface area contributed by atoms with Crippen LogP contribution in [-0.2, 0) is 17.4 Å². The molecule has 0 bridgehead atoms. The maximum atomic E-state index is 12.4. The molecule has 0 saturated carbocycles. The largest absolute Gasteiger partial charge is 0.606 e. The van der Waals surface area contributed by atoms with E-state index in [0.29, 0.717) is 15.4 Å². The van der Waals surface area contributed by atoms with Crippen LogP contribution >= 0.6 is 0 Å². The average molecular weight is 338 g/mol. The number of hydrogen-bond donors (Lipinski definition) is 0. The summed E-state index contributed by atoms with van der Waals surface area (Å²) < 4.78 is 53.8. The van der Waals surface area contributed by atoms with Crippen LogP contribution in [0, 0.1) is 0 Å². The molecule has 3 aromatic rings. The Hall–Kier alpha value is -2.32. The molecular weight excluding hydrogens is 329 g/mol. The zero-order valence-corrected chi connectivity index (χ0v) is 12.3. The molecule has 118 valence electrons. The van der Waals surface area contributed by atoms with Gasteiger partial charge in [0.15, 0.2) is 9.79 Å². The predicted octanol–water partition coefficient (Wildman–Crippen LogP) is 3.92. The summed E-state index contributed by atoms with van der Waals surface area (Å²) in [5, 5.41) is 3.30. The highest BCUT2D eigenvalue weighted by Crippen LogP contribution is 2.30. The zero-order valence-electron chi connectivity index (χ0n) is 11.4. The summed E-state index contributed by atoms with van der Waals surface area (Å²) in [6.07, 6.45) is -4.68. The maximum Gasteiger partial charge on any atom is 0.471 e. The van der Waals surface area contributed by atoms with Crippen molar-refractivity contribution in [3.63, 3.8) is 0 Å². The third kappa shape index (κ3) is 3.38. The Labute approximate surface area is 132 Å². The highest BCUT2D eigenvalue weighted by atomic mass is 32.2. The minimum atomic E-state index is -4.68. The van der Waals surface area contributed by atoms with Gasteiger partial charge in [-0.2, -0.15) is 18.2 Å². The van der Waals surface area contributed by atoms with E-state index in [4.69, 9.17) is 0 Å². The van der Waals surface area contributed by atoms with Crippen molar-refractivity contribution in [2.75, 3.05) is 0 Å². The van der Waals surface area contributed by atoms with Crippen molar-refractivity contribution in [3.8, 4) is 11.4 Å². The number of nitrogens with zero attached hydrogens (tertiary/aromatic N) is 2. The van der Waals surface area contributed by atoms with Gasteiger partial charge < -0.3 is 9.08 Å². The first kappa shape index (κ1) is 15.6. The lowest BCUT2D eigenvalue weighted by Gasteiger charge is -2.09. The molecule has 0 fully saturated rings. The van der Waals surface area contributed by atoms with Crippen LogP contribution < -0.4 is 0 Å². The van der Waals surface area contributed by atoms with Gasteiger partial charge in [0.25, 0.3) is 0 Å². The summed E-state index contributed by atoms with van der Waals surface area (Å²) in [4.78, 5) is 4.47. The SMILES string of the molecule is [O-][S+](c1ccccc1)c1ccc(-c2noc(C(F)(F)F)n2)cc1. The normalized spacial score (nSPS) is 13.0. The molecule has 1 aromatic heterocycles. The van der Waals surface area contributed by atoms with Gasteiger partial charge in [-0.1, -0.05) is 23.4 Å². The molecule has 0 saturated heterocycles. The van der Waals surface area contributed by atoms with Gasteiger partial charge in [0.1, 0.15) is 0 Å². The number of alkyl halides is 3. The maximum absolute atomic E-state index is 12.4. The minimum absolute atomic E-state index is 0.172. The van der Waals surface area contributed by atoms with Crippen molar-refractivity contribution >= 4 is 11.2 Å². The van der Waals surface area contributed by atoms with Crippen molar-refractivity contribution in [1.29, 1.82) is 0 Å². The van der Waals surface area contributed by atoms with Crippen LogP contribution in [0.1, 0.15) is 5.89 Å². The molecule has 0 amide bonds. The number of aromatic nitrogens is 2. The van der Waals surface area contributed by atoms with E-state index in [2.05, 4.69) is 14.7 Å². The lowest BCUT2D eigenvalue weighted by Crippen LogP contribution is -2.04. The second-order valence-corrected chi connectivity index (χ2v) is 6.01. The van der Waals surface area contributed by atoms with Crippen molar-refractivity contribution in [1.82, 2.24) is 10.1 Å². The van der Waals surface area contributed by atoms with Crippen LogP contribution in [0.5, 0.6) is 0 Å². The third-order valence-electron chi connectivity index (χ3n) is 2.95. The van der Waals surface area contributed by atoms with E-state index in [1.54, 1.807) is 36.4 Å². The molecule has 2 aromatic carbocycles. The van der Waals surface area contributed by atoms with Crippen molar-refractivity contribution in [2.45, 2.75) is 16.0 Å². The van der Waals surface area contributed by atoms with Gasteiger partial charge >= 0.3 is 12.1 Å². The molecule has 0 aliphatic rings. The molecule has 0 spiro atoms. The molecular formula is C15H9F3N2O2S. The van der Waals surface area contributed by atoms with E-state index in [-0.39, 0.29) is 5.82 Å². The third-order valence-corrected chi connectivity index (χ3v) is 4.35. The van der Waals surface area contributed by atoms with Gasteiger partial charge in [-0.3, -0.25) is 0 Å². The van der Waals surface area contributed by atoms with Gasteiger partial charge in [-0.15, -0.1) is 0 Å². The van der Waals surface area contributed by atoms with E-state index in [0.717, 1.165) is 0 Å². The summed E-state index contributed by atoms with van der Waals surface area (Å²) in [6, 6.07) is 15.0. The van der Waals surface area contributed by atoms with Crippen LogP contribution in [-0.4, -0.2) is 14.7 Å². The Bertz CT molecular complexity index is 788. The van der Waals surface area contributed by atoms with Gasteiger partial charge in [-0.05, 0) is 36.4 Å². The first-order valence-electron chi connectivity index (χ1n) is 6.43. The predicted molar refractivity (Wildman–Crippen MR) is 75.9 cm³/mol. The van der Waals surface area contributed by atoms with Crippen LogP contribution in [0.25, 0.3) is 11.4 Å². The summed E-state index contributed by atoms with van der Waals surface area (Å²) >= 11 is -1.36. The molecule has 0 radical (unpaired) electrons. The Kier molecular flexibility index (Phi) is 4.10. The number of hydrogen-bond acceptors (Lipinski definition) is 4. The highest BCUT2D eigenvalue weighted by Gasteiger charge is 2.38. The number of benzene rings is 2.